The molecule has 7 heteroatoms. The van der Waals surface area contributed by atoms with Gasteiger partial charge in [-0.1, -0.05) is 42.5 Å². The van der Waals surface area contributed by atoms with Crippen molar-refractivity contribution in [2.24, 2.45) is 0 Å². The summed E-state index contributed by atoms with van der Waals surface area (Å²) in [5, 5.41) is 10.5. The molecule has 1 atom stereocenters. The summed E-state index contributed by atoms with van der Waals surface area (Å²) in [5.41, 5.74) is 6.65. The van der Waals surface area contributed by atoms with Gasteiger partial charge in [-0.05, 0) is 55.6 Å². The van der Waals surface area contributed by atoms with Crippen molar-refractivity contribution in [2.45, 2.75) is 45.0 Å². The average molecular weight is 497 g/mol. The molecule has 1 aliphatic heterocycles. The Labute approximate surface area is 219 Å². The highest BCUT2D eigenvalue weighted by atomic mass is 16.3. The van der Waals surface area contributed by atoms with Crippen LogP contribution in [0.1, 0.15) is 47.1 Å². The molecule has 4 heterocycles. The van der Waals surface area contributed by atoms with Gasteiger partial charge in [-0.15, -0.1) is 0 Å². The Morgan fingerprint density at radius 1 is 0.973 bits per heavy atom. The van der Waals surface area contributed by atoms with E-state index in [0.717, 1.165) is 68.4 Å². The summed E-state index contributed by atoms with van der Waals surface area (Å²) in [6.07, 6.45) is 5.28. The largest absolute Gasteiger partial charge is 0.390 e. The first-order valence-electron chi connectivity index (χ1n) is 13.5. The maximum Gasteiger partial charge on any atom is 0.138 e. The van der Waals surface area contributed by atoms with Crippen LogP contribution in [0.4, 0.5) is 5.82 Å². The van der Waals surface area contributed by atoms with Crippen molar-refractivity contribution in [2.75, 3.05) is 38.1 Å². The summed E-state index contributed by atoms with van der Waals surface area (Å²) in [7, 11) is 2.16. The van der Waals surface area contributed by atoms with Gasteiger partial charge in [0.05, 0.1) is 29.7 Å². The van der Waals surface area contributed by atoms with E-state index in [-0.39, 0.29) is 12.6 Å². The van der Waals surface area contributed by atoms with Gasteiger partial charge < -0.3 is 10.0 Å². The topological polar surface area (TPSA) is 60.1 Å². The normalized spacial score (nSPS) is 18.5. The summed E-state index contributed by atoms with van der Waals surface area (Å²) in [6.45, 7) is 5.57. The minimum absolute atomic E-state index is 0.0329. The van der Waals surface area contributed by atoms with Crippen LogP contribution < -0.4 is 4.90 Å². The predicted molar refractivity (Wildman–Crippen MR) is 146 cm³/mol. The van der Waals surface area contributed by atoms with Crippen molar-refractivity contribution in [3.8, 4) is 0 Å². The highest BCUT2D eigenvalue weighted by molar-refractivity contribution is 5.55. The van der Waals surface area contributed by atoms with E-state index in [4.69, 9.17) is 9.97 Å². The fourth-order valence-corrected chi connectivity index (χ4v) is 6.05. The van der Waals surface area contributed by atoms with Gasteiger partial charge in [-0.2, -0.15) is 0 Å². The smallest absolute Gasteiger partial charge is 0.138 e. The Bertz CT molecular complexity index is 1340. The molecule has 192 valence electrons. The minimum Gasteiger partial charge on any atom is -0.390 e. The van der Waals surface area contributed by atoms with Gasteiger partial charge in [0.1, 0.15) is 11.5 Å². The highest BCUT2D eigenvalue weighted by Gasteiger charge is 2.27. The van der Waals surface area contributed by atoms with Crippen LogP contribution in [0, 0.1) is 0 Å². The summed E-state index contributed by atoms with van der Waals surface area (Å²) in [4.78, 5) is 17.0. The lowest BCUT2D eigenvalue weighted by molar-refractivity contribution is 0.203. The third kappa shape index (κ3) is 4.87. The number of fused-ring (bicyclic) bond motifs is 2. The van der Waals surface area contributed by atoms with Crippen molar-refractivity contribution in [1.29, 1.82) is 0 Å². The molecule has 1 saturated heterocycles. The number of hydrogen-bond acceptors (Lipinski definition) is 6. The molecule has 1 fully saturated rings. The number of aliphatic hydroxyl groups is 1. The second kappa shape index (κ2) is 10.6. The zero-order valence-corrected chi connectivity index (χ0v) is 21.6. The lowest BCUT2D eigenvalue weighted by atomic mass is 9.91. The van der Waals surface area contributed by atoms with Crippen molar-refractivity contribution in [3.05, 3.63) is 95.1 Å². The van der Waals surface area contributed by atoms with E-state index in [1.165, 1.54) is 23.2 Å². The molecule has 0 spiro atoms. The number of aromatic nitrogens is 3. The monoisotopic (exact) mass is 496 g/mol. The molecule has 7 nitrogen and oxygen atoms in total. The van der Waals surface area contributed by atoms with E-state index < -0.39 is 0 Å². The van der Waals surface area contributed by atoms with Gasteiger partial charge in [-0.25, -0.2) is 4.98 Å². The highest BCUT2D eigenvalue weighted by Crippen LogP contribution is 2.33. The van der Waals surface area contributed by atoms with E-state index in [2.05, 4.69) is 80.7 Å². The summed E-state index contributed by atoms with van der Waals surface area (Å²) >= 11 is 0. The first kappa shape index (κ1) is 24.1. The summed E-state index contributed by atoms with van der Waals surface area (Å²) in [6, 6.07) is 21.5. The van der Waals surface area contributed by atoms with Crippen LogP contribution in [0.2, 0.25) is 0 Å². The second-order valence-corrected chi connectivity index (χ2v) is 10.4. The molecule has 2 aliphatic rings. The lowest BCUT2D eigenvalue weighted by Gasteiger charge is -2.36. The third-order valence-electron chi connectivity index (χ3n) is 7.99. The average Bonchev–Trinajstić information content (AvgIpc) is 3.30. The number of rotatable bonds is 7. The molecule has 0 amide bonds. The molecule has 1 N–H and O–H groups in total. The van der Waals surface area contributed by atoms with E-state index in [0.29, 0.717) is 6.54 Å². The quantitative estimate of drug-likeness (QED) is 0.417. The Morgan fingerprint density at radius 2 is 1.81 bits per heavy atom. The number of nitrogens with zero attached hydrogens (tertiary/aromatic N) is 6. The minimum atomic E-state index is -0.0329. The third-order valence-corrected chi connectivity index (χ3v) is 7.99. The molecule has 1 aliphatic carbocycles. The number of piperazine rings is 1. The molecule has 0 unspecified atom stereocenters. The van der Waals surface area contributed by atoms with Gasteiger partial charge in [0.15, 0.2) is 0 Å². The van der Waals surface area contributed by atoms with E-state index >= 15 is 0 Å². The maximum atomic E-state index is 10.5. The fourth-order valence-electron chi connectivity index (χ4n) is 6.05. The van der Waals surface area contributed by atoms with Crippen LogP contribution in [0.5, 0.6) is 0 Å². The number of imidazole rings is 1. The van der Waals surface area contributed by atoms with Crippen LogP contribution in [0.25, 0.3) is 5.65 Å². The fraction of sp³-hybridized carbons (Fsp3) is 0.400. The Kier molecular flexibility index (Phi) is 6.91. The Hall–Kier alpha value is -3.26. The van der Waals surface area contributed by atoms with Gasteiger partial charge >= 0.3 is 0 Å². The number of anilines is 1. The van der Waals surface area contributed by atoms with Crippen molar-refractivity contribution in [1.82, 2.24) is 24.2 Å². The molecule has 4 aromatic rings. The molecule has 3 aromatic heterocycles. The number of hydrogen-bond donors (Lipinski definition) is 1. The molecular formula is C30H36N6O. The van der Waals surface area contributed by atoms with Crippen LogP contribution in [-0.2, 0) is 26.1 Å². The molecule has 1 aromatic carbocycles. The summed E-state index contributed by atoms with van der Waals surface area (Å²) < 4.78 is 2.17. The van der Waals surface area contributed by atoms with E-state index in [1.54, 1.807) is 0 Å². The number of aliphatic hydroxyl groups excluding tert-OH is 1. The number of aryl methyl sites for hydroxylation is 1. The molecule has 6 rings (SSSR count). The van der Waals surface area contributed by atoms with E-state index in [9.17, 15) is 5.11 Å². The predicted octanol–water partition coefficient (Wildman–Crippen LogP) is 4.05. The SMILES string of the molecule is CN(Cc1nc2cccc(N3CCN(Cc4ccccc4)CC3)n2c1CO)[C@H]1CCCc2cccnc21. The zero-order chi connectivity index (χ0) is 25.2. The van der Waals surface area contributed by atoms with Crippen LogP contribution in [0.3, 0.4) is 0 Å². The van der Waals surface area contributed by atoms with Crippen molar-refractivity contribution < 1.29 is 5.11 Å². The Morgan fingerprint density at radius 3 is 2.62 bits per heavy atom. The van der Waals surface area contributed by atoms with Crippen LogP contribution in [-0.4, -0.2) is 62.5 Å². The summed E-state index contributed by atoms with van der Waals surface area (Å²) in [5.74, 6) is 1.12. The lowest BCUT2D eigenvalue weighted by Crippen LogP contribution is -2.46. The van der Waals surface area contributed by atoms with Gasteiger partial charge in [0.2, 0.25) is 0 Å². The van der Waals surface area contributed by atoms with Crippen molar-refractivity contribution >= 4 is 11.5 Å². The standard InChI is InChI=1S/C30H36N6O/c1-33(26-12-5-10-24-11-7-15-31-30(24)26)21-25-27(22-37)36-28(32-25)13-6-14-29(36)35-18-16-34(17-19-35)20-23-8-3-2-4-9-23/h2-4,6-9,11,13-15,26,37H,5,10,12,16-22H2,1H3/t26-/m0/s1. The molecule has 37 heavy (non-hydrogen) atoms. The Balaban J connectivity index is 1.22. The first-order chi connectivity index (χ1) is 18.2. The molecular weight excluding hydrogens is 460 g/mol. The molecule has 0 saturated carbocycles. The molecule has 0 radical (unpaired) electrons. The van der Waals surface area contributed by atoms with Gasteiger partial charge in [0, 0.05) is 45.5 Å². The maximum absolute atomic E-state index is 10.5. The van der Waals surface area contributed by atoms with Crippen molar-refractivity contribution in [3.63, 3.8) is 0 Å². The molecule has 0 bridgehead atoms. The van der Waals surface area contributed by atoms with Crippen LogP contribution in [0.15, 0.2) is 66.9 Å². The number of pyridine rings is 2. The first-order valence-corrected chi connectivity index (χ1v) is 13.5. The van der Waals surface area contributed by atoms with E-state index in [1.807, 2.05) is 12.3 Å². The zero-order valence-electron chi connectivity index (χ0n) is 21.6. The van der Waals surface area contributed by atoms with Crippen LogP contribution >= 0.6 is 0 Å². The second-order valence-electron chi connectivity index (χ2n) is 10.4. The van der Waals surface area contributed by atoms with Gasteiger partial charge in [0.25, 0.3) is 0 Å². The number of benzene rings is 1. The van der Waals surface area contributed by atoms with Gasteiger partial charge in [-0.3, -0.25) is 19.2 Å².